The predicted molar refractivity (Wildman–Crippen MR) is 122 cm³/mol. The summed E-state index contributed by atoms with van der Waals surface area (Å²) in [6.07, 6.45) is 0. The molecule has 1 amide bonds. The number of phenols is 1. The lowest BCUT2D eigenvalue weighted by atomic mass is 9.90. The Morgan fingerprint density at radius 2 is 1.41 bits per heavy atom. The van der Waals surface area contributed by atoms with E-state index in [1.807, 2.05) is 48.5 Å². The number of methoxy groups -OCH3 is 2. The normalized spacial score (nSPS) is 11.9. The molecule has 0 bridgehead atoms. The van der Waals surface area contributed by atoms with Crippen LogP contribution < -0.4 is 20.5 Å². The minimum Gasteiger partial charge on any atom is -0.507 e. The fraction of sp³-hybridized carbons (Fsp3) is 0.240. The molecule has 7 heteroatoms. The van der Waals surface area contributed by atoms with Gasteiger partial charge in [0.15, 0.2) is 0 Å². The molecule has 1 atom stereocenters. The number of hydrogen-bond donors (Lipinski definition) is 4. The number of hydrogen-bond acceptors (Lipinski definition) is 6. The number of aromatic hydroxyl groups is 1. The molecule has 32 heavy (non-hydrogen) atoms. The Labute approximate surface area is 187 Å². The number of amides is 1. The largest absolute Gasteiger partial charge is 0.507 e. The van der Waals surface area contributed by atoms with Gasteiger partial charge < -0.3 is 30.7 Å². The van der Waals surface area contributed by atoms with Gasteiger partial charge in [0, 0.05) is 12.5 Å². The van der Waals surface area contributed by atoms with Crippen molar-refractivity contribution in [1.29, 1.82) is 0 Å². The maximum atomic E-state index is 11.6. The van der Waals surface area contributed by atoms with Crippen LogP contribution in [0, 0.1) is 0 Å². The third-order valence-electron chi connectivity index (χ3n) is 5.48. The fourth-order valence-corrected chi connectivity index (χ4v) is 3.62. The average Bonchev–Trinajstić information content (AvgIpc) is 2.82. The second-order valence-corrected chi connectivity index (χ2v) is 7.38. The van der Waals surface area contributed by atoms with E-state index in [0.717, 1.165) is 22.6 Å². The van der Waals surface area contributed by atoms with Crippen LogP contribution in [0.25, 0.3) is 0 Å². The van der Waals surface area contributed by atoms with E-state index < -0.39 is 11.9 Å². The van der Waals surface area contributed by atoms with Crippen molar-refractivity contribution in [2.75, 3.05) is 27.4 Å². The molecule has 3 aromatic rings. The Kier molecular flexibility index (Phi) is 7.70. The number of rotatable bonds is 10. The predicted octanol–water partition coefficient (Wildman–Crippen LogP) is 2.96. The maximum Gasteiger partial charge on any atom is 0.252 e. The monoisotopic (exact) mass is 436 g/mol. The molecule has 0 aliphatic heterocycles. The summed E-state index contributed by atoms with van der Waals surface area (Å²) in [5.74, 6) is 0.606. The molecule has 5 N–H and O–H groups in total. The van der Waals surface area contributed by atoms with Gasteiger partial charge in [-0.2, -0.15) is 0 Å². The zero-order valence-electron chi connectivity index (χ0n) is 18.1. The SMILES string of the molecule is COc1ccc(C(CN[C@H](CO)c2ccc(O)c(C(N)=O)c2)c2ccc(OC)cc2)cc1. The first-order valence-electron chi connectivity index (χ1n) is 10.2. The van der Waals surface area contributed by atoms with Crippen LogP contribution in [0.15, 0.2) is 66.7 Å². The lowest BCUT2D eigenvalue weighted by Gasteiger charge is -2.24. The van der Waals surface area contributed by atoms with E-state index in [0.29, 0.717) is 12.1 Å². The van der Waals surface area contributed by atoms with Crippen molar-refractivity contribution in [3.05, 3.63) is 89.0 Å². The number of ether oxygens (including phenoxy) is 2. The summed E-state index contributed by atoms with van der Waals surface area (Å²) >= 11 is 0. The molecule has 0 heterocycles. The van der Waals surface area contributed by atoms with Gasteiger partial charge in [0.25, 0.3) is 5.91 Å². The maximum absolute atomic E-state index is 11.6. The number of benzene rings is 3. The van der Waals surface area contributed by atoms with Gasteiger partial charge in [-0.1, -0.05) is 30.3 Å². The smallest absolute Gasteiger partial charge is 0.252 e. The number of carbonyl (C=O) groups excluding carboxylic acids is 1. The number of carbonyl (C=O) groups is 1. The second-order valence-electron chi connectivity index (χ2n) is 7.38. The van der Waals surface area contributed by atoms with E-state index >= 15 is 0 Å². The third kappa shape index (κ3) is 5.38. The Morgan fingerprint density at radius 3 is 1.84 bits per heavy atom. The molecule has 0 unspecified atom stereocenters. The summed E-state index contributed by atoms with van der Waals surface area (Å²) < 4.78 is 10.6. The standard InChI is InChI=1S/C25H28N2O5/c1-31-19-8-3-16(4-9-19)22(17-5-10-20(32-2)11-6-17)14-27-23(15-28)18-7-12-24(29)21(13-18)25(26)30/h3-13,22-23,27-29H,14-15H2,1-2H3,(H2,26,30)/t23-/m1/s1. The summed E-state index contributed by atoms with van der Waals surface area (Å²) in [4.78, 5) is 11.6. The molecule has 0 aliphatic carbocycles. The minimum atomic E-state index is -0.726. The van der Waals surface area contributed by atoms with Gasteiger partial charge in [-0.3, -0.25) is 4.79 Å². The van der Waals surface area contributed by atoms with Gasteiger partial charge in [-0.05, 0) is 53.1 Å². The number of nitrogens with two attached hydrogens (primary N) is 1. The molecule has 0 spiro atoms. The molecule has 0 radical (unpaired) electrons. The summed E-state index contributed by atoms with van der Waals surface area (Å²) in [5, 5.41) is 23.2. The van der Waals surface area contributed by atoms with Crippen molar-refractivity contribution in [2.45, 2.75) is 12.0 Å². The fourth-order valence-electron chi connectivity index (χ4n) is 3.62. The first kappa shape index (κ1) is 23.1. The highest BCUT2D eigenvalue weighted by atomic mass is 16.5. The molecule has 168 valence electrons. The van der Waals surface area contributed by atoms with Crippen LogP contribution in [0.1, 0.15) is 39.0 Å². The van der Waals surface area contributed by atoms with E-state index in [2.05, 4.69) is 5.32 Å². The average molecular weight is 437 g/mol. The van der Waals surface area contributed by atoms with Crippen LogP contribution in [-0.4, -0.2) is 43.5 Å². The first-order chi connectivity index (χ1) is 15.5. The van der Waals surface area contributed by atoms with Gasteiger partial charge in [-0.25, -0.2) is 0 Å². The van der Waals surface area contributed by atoms with Crippen molar-refractivity contribution in [2.24, 2.45) is 5.73 Å². The topological polar surface area (TPSA) is 114 Å². The molecule has 3 rings (SSSR count). The zero-order valence-corrected chi connectivity index (χ0v) is 18.1. The Bertz CT molecular complexity index is 988. The highest BCUT2D eigenvalue weighted by Crippen LogP contribution is 2.29. The van der Waals surface area contributed by atoms with Crippen LogP contribution in [0.3, 0.4) is 0 Å². The quantitative estimate of drug-likeness (QED) is 0.389. The zero-order chi connectivity index (χ0) is 23.1. The van der Waals surface area contributed by atoms with Crippen molar-refractivity contribution in [3.63, 3.8) is 0 Å². The van der Waals surface area contributed by atoms with Gasteiger partial charge in [0.05, 0.1) is 32.4 Å². The van der Waals surface area contributed by atoms with Gasteiger partial charge in [0.1, 0.15) is 17.2 Å². The third-order valence-corrected chi connectivity index (χ3v) is 5.48. The van der Waals surface area contributed by atoms with E-state index in [1.165, 1.54) is 12.1 Å². The van der Waals surface area contributed by atoms with E-state index in [1.54, 1.807) is 20.3 Å². The number of primary amides is 1. The molecular weight excluding hydrogens is 408 g/mol. The van der Waals surface area contributed by atoms with Gasteiger partial charge >= 0.3 is 0 Å². The number of aliphatic hydroxyl groups excluding tert-OH is 1. The highest BCUT2D eigenvalue weighted by Gasteiger charge is 2.19. The molecule has 0 saturated heterocycles. The molecule has 7 nitrogen and oxygen atoms in total. The Morgan fingerprint density at radius 1 is 0.906 bits per heavy atom. The molecule has 0 aromatic heterocycles. The number of aliphatic hydroxyl groups is 1. The van der Waals surface area contributed by atoms with Crippen LogP contribution in [-0.2, 0) is 0 Å². The van der Waals surface area contributed by atoms with Crippen molar-refractivity contribution >= 4 is 5.91 Å². The van der Waals surface area contributed by atoms with Crippen molar-refractivity contribution < 1.29 is 24.5 Å². The Balaban J connectivity index is 1.87. The van der Waals surface area contributed by atoms with Crippen molar-refractivity contribution in [1.82, 2.24) is 5.32 Å². The van der Waals surface area contributed by atoms with Gasteiger partial charge in [-0.15, -0.1) is 0 Å². The molecule has 3 aromatic carbocycles. The lowest BCUT2D eigenvalue weighted by molar-refractivity contribution is 0.0997. The first-order valence-corrected chi connectivity index (χ1v) is 10.2. The summed E-state index contributed by atoms with van der Waals surface area (Å²) in [5.41, 5.74) is 8.16. The van der Waals surface area contributed by atoms with E-state index in [9.17, 15) is 15.0 Å². The van der Waals surface area contributed by atoms with Crippen LogP contribution >= 0.6 is 0 Å². The summed E-state index contributed by atoms with van der Waals surface area (Å²) in [7, 11) is 3.25. The van der Waals surface area contributed by atoms with Crippen LogP contribution in [0.5, 0.6) is 17.2 Å². The van der Waals surface area contributed by atoms with E-state index in [-0.39, 0.29) is 23.8 Å². The molecule has 0 saturated carbocycles. The lowest BCUT2D eigenvalue weighted by Crippen LogP contribution is -2.29. The molecule has 0 fully saturated rings. The molecule has 0 aliphatic rings. The van der Waals surface area contributed by atoms with Crippen LogP contribution in [0.2, 0.25) is 0 Å². The second kappa shape index (κ2) is 10.7. The van der Waals surface area contributed by atoms with Crippen LogP contribution in [0.4, 0.5) is 0 Å². The summed E-state index contributed by atoms with van der Waals surface area (Å²) in [6, 6.07) is 19.8. The minimum absolute atomic E-state index is 0.0182. The van der Waals surface area contributed by atoms with E-state index in [4.69, 9.17) is 15.2 Å². The summed E-state index contributed by atoms with van der Waals surface area (Å²) in [6.45, 7) is 0.317. The highest BCUT2D eigenvalue weighted by molar-refractivity contribution is 5.95. The van der Waals surface area contributed by atoms with Gasteiger partial charge in [0.2, 0.25) is 0 Å². The number of nitrogens with one attached hydrogen (secondary N) is 1. The molecular formula is C25H28N2O5. The Hall–Kier alpha value is -3.55. The van der Waals surface area contributed by atoms with Crippen molar-refractivity contribution in [3.8, 4) is 17.2 Å².